The Kier molecular flexibility index (Phi) is 23.7. The topological polar surface area (TPSA) is 98.4 Å². The molecule has 9 heteroatoms. The average molecular weight is 1090 g/mol. The number of rotatable bonds is 30. The Labute approximate surface area is 484 Å². The normalized spacial score (nSPS) is 15.1. The second kappa shape index (κ2) is 32.2. The summed E-state index contributed by atoms with van der Waals surface area (Å²) < 4.78 is 25.6. The van der Waals surface area contributed by atoms with Gasteiger partial charge < -0.3 is 24.3 Å². The second-order valence-electron chi connectivity index (χ2n) is 21.2. The Hall–Kier alpha value is -7.36. The lowest BCUT2D eigenvalue weighted by Crippen LogP contribution is -2.06. The molecule has 4 aromatic carbocycles. The predicted octanol–water partition coefficient (Wildman–Crippen LogP) is 18.1. The van der Waals surface area contributed by atoms with Gasteiger partial charge in [-0.1, -0.05) is 178 Å². The first-order valence-corrected chi connectivity index (χ1v) is 30.5. The third-order valence-corrected chi connectivity index (χ3v) is 14.7. The minimum Gasteiger partial charge on any atom is -0.494 e. The maximum atomic E-state index is 6.73. The van der Waals surface area contributed by atoms with Crippen molar-refractivity contribution in [2.45, 2.75) is 143 Å². The Morgan fingerprint density at radius 2 is 0.617 bits per heavy atom. The van der Waals surface area contributed by atoms with Crippen LogP contribution in [0.25, 0.3) is 22.3 Å². The van der Waals surface area contributed by atoms with E-state index in [-0.39, 0.29) is 0 Å². The summed E-state index contributed by atoms with van der Waals surface area (Å²) >= 11 is 0. The van der Waals surface area contributed by atoms with E-state index >= 15 is 0 Å². The summed E-state index contributed by atoms with van der Waals surface area (Å²) in [6.45, 7) is 11.4. The Morgan fingerprint density at radius 3 is 0.963 bits per heavy atom. The van der Waals surface area contributed by atoms with E-state index < -0.39 is 0 Å². The van der Waals surface area contributed by atoms with E-state index in [1.807, 2.05) is 38.4 Å². The Morgan fingerprint density at radius 1 is 0.309 bits per heavy atom. The number of benzene rings is 4. The molecule has 0 saturated carbocycles. The molecule has 8 bridgehead atoms. The van der Waals surface area contributed by atoms with Gasteiger partial charge in [-0.25, -0.2) is 20.0 Å². The molecule has 0 aliphatic carbocycles. The van der Waals surface area contributed by atoms with Crippen molar-refractivity contribution < 1.29 is 18.9 Å². The first-order valence-electron chi connectivity index (χ1n) is 30.5. The lowest BCUT2D eigenvalue weighted by molar-refractivity contribution is 0.303. The largest absolute Gasteiger partial charge is 0.494 e. The Bertz CT molecular complexity index is 2910. The summed E-state index contributed by atoms with van der Waals surface area (Å²) in [5, 5.41) is 2.75. The maximum absolute atomic E-state index is 6.73. The minimum atomic E-state index is 0.634. The van der Waals surface area contributed by atoms with Crippen LogP contribution < -0.4 is 24.3 Å². The molecule has 9 rings (SSSR count). The fourth-order valence-corrected chi connectivity index (χ4v) is 10.5. The summed E-state index contributed by atoms with van der Waals surface area (Å²) in [6.07, 6.45) is 38.6. The number of para-hydroxylation sites is 2. The molecule has 5 aliphatic rings. The third-order valence-electron chi connectivity index (χ3n) is 14.7. The molecule has 0 spiro atoms. The van der Waals surface area contributed by atoms with Gasteiger partial charge in [-0.15, -0.1) is 0 Å². The van der Waals surface area contributed by atoms with Crippen LogP contribution in [0.1, 0.15) is 166 Å². The van der Waals surface area contributed by atoms with Crippen LogP contribution in [-0.2, 0) is 0 Å². The molecule has 0 amide bonds. The van der Waals surface area contributed by atoms with Crippen molar-refractivity contribution in [3.63, 3.8) is 0 Å². The highest BCUT2D eigenvalue weighted by Crippen LogP contribution is 2.42. The van der Waals surface area contributed by atoms with Gasteiger partial charge in [-0.3, -0.25) is 0 Å². The second-order valence-corrected chi connectivity index (χ2v) is 21.2. The fraction of sp³-hybridized carbons (Fsp3) is 0.389. The van der Waals surface area contributed by atoms with Crippen molar-refractivity contribution in [2.75, 3.05) is 40.5 Å². The van der Waals surface area contributed by atoms with Crippen LogP contribution in [0, 0.1) is 0 Å². The first kappa shape index (κ1) is 59.8. The molecular weight excluding hydrogens is 999 g/mol. The van der Waals surface area contributed by atoms with Gasteiger partial charge in [0.2, 0.25) is 0 Å². The number of hydrogen-bond donors (Lipinski definition) is 1. The molecule has 4 aromatic rings. The summed E-state index contributed by atoms with van der Waals surface area (Å²) in [7, 11) is 3.75. The van der Waals surface area contributed by atoms with Crippen molar-refractivity contribution in [3.8, 4) is 23.0 Å². The van der Waals surface area contributed by atoms with Crippen LogP contribution in [0.3, 0.4) is 0 Å². The SMILES string of the molecule is CCCCCCCCCCOc1ccccc1C1=C2C=CC(=N2)C(c2ccc(OCCC)cc2)=C2C=CC(=N2)C(c2ccccc2OCCCCCCCCCC)=C2C=CC(=N2)C(c2ccc(OCCC)cc2)=C2C=CC1=N2.CNC. The third kappa shape index (κ3) is 16.4. The van der Waals surface area contributed by atoms with Crippen molar-refractivity contribution in [1.82, 2.24) is 5.32 Å². The number of hydrogen-bond acceptors (Lipinski definition) is 9. The minimum absolute atomic E-state index is 0.634. The summed E-state index contributed by atoms with van der Waals surface area (Å²) in [4.78, 5) is 22.3. The molecule has 5 aliphatic heterocycles. The summed E-state index contributed by atoms with van der Waals surface area (Å²) in [5.74, 6) is 3.28. The number of fused-ring (bicyclic) bond motifs is 4. The van der Waals surface area contributed by atoms with Gasteiger partial charge in [0, 0.05) is 33.4 Å². The highest BCUT2D eigenvalue weighted by atomic mass is 16.5. The molecule has 81 heavy (non-hydrogen) atoms. The van der Waals surface area contributed by atoms with Crippen LogP contribution >= 0.6 is 0 Å². The highest BCUT2D eigenvalue weighted by Gasteiger charge is 2.29. The molecule has 424 valence electrons. The van der Waals surface area contributed by atoms with Gasteiger partial charge in [-0.2, -0.15) is 0 Å². The van der Waals surface area contributed by atoms with Crippen LogP contribution in [0.2, 0.25) is 0 Å². The highest BCUT2D eigenvalue weighted by molar-refractivity contribution is 6.40. The Balaban J connectivity index is 0.00000281. The van der Waals surface area contributed by atoms with Crippen LogP contribution in [0.15, 0.2) is 188 Å². The molecule has 0 unspecified atom stereocenters. The van der Waals surface area contributed by atoms with E-state index in [0.717, 1.165) is 152 Å². The first-order chi connectivity index (χ1) is 40.0. The van der Waals surface area contributed by atoms with E-state index in [9.17, 15) is 0 Å². The number of allylic oxidation sites excluding steroid dienone is 12. The number of ether oxygens (including phenoxy) is 4. The monoisotopic (exact) mass is 1090 g/mol. The molecule has 1 N–H and O–H groups in total. The van der Waals surface area contributed by atoms with Crippen molar-refractivity contribution in [3.05, 3.63) is 191 Å². The molecule has 0 saturated heterocycles. The van der Waals surface area contributed by atoms with E-state index in [2.05, 4.69) is 154 Å². The van der Waals surface area contributed by atoms with Crippen molar-refractivity contribution in [1.29, 1.82) is 0 Å². The standard InChI is InChI=1S/C70H80N4O4.C2H7N/c1-5-9-11-13-15-17-19-25-49-77-65-29-23-21-27-55(65)69-61-43-39-57(71-61)67(51-31-35-53(36-32-51)75-47-7-3)59-41-45-63(73-59)70(56-28-22-24-30-66(56)78-50-26-20-18-16-14-12-10-6-2)64-46-42-60(74-64)68(58-40-44-62(69)72-58)52-33-37-54(38-34-52)76-48-8-4;1-3-2/h21-24,27-46H,5-20,25-26,47-50H2,1-4H3;3H,1-2H3. The predicted molar refractivity (Wildman–Crippen MR) is 343 cm³/mol. The molecule has 5 heterocycles. The quantitative estimate of drug-likeness (QED) is 0.0525. The molecule has 0 fully saturated rings. The van der Waals surface area contributed by atoms with Gasteiger partial charge in [0.25, 0.3) is 0 Å². The maximum Gasteiger partial charge on any atom is 0.127 e. The number of nitrogens with one attached hydrogen (secondary N) is 1. The number of unbranched alkanes of at least 4 members (excludes halogenated alkanes) is 14. The lowest BCUT2D eigenvalue weighted by atomic mass is 9.97. The van der Waals surface area contributed by atoms with Crippen LogP contribution in [0.4, 0.5) is 0 Å². The zero-order chi connectivity index (χ0) is 56.4. The van der Waals surface area contributed by atoms with E-state index in [1.165, 1.54) is 77.0 Å². The zero-order valence-corrected chi connectivity index (χ0v) is 49.3. The van der Waals surface area contributed by atoms with Gasteiger partial charge in [0.05, 0.1) is 72.1 Å². The molecule has 0 radical (unpaired) electrons. The number of aliphatic imine (C=N–C) groups is 4. The molecule has 0 aromatic heterocycles. The van der Waals surface area contributed by atoms with Gasteiger partial charge in [0.1, 0.15) is 23.0 Å². The molecule has 0 atom stereocenters. The fourth-order valence-electron chi connectivity index (χ4n) is 10.5. The van der Waals surface area contributed by atoms with E-state index in [0.29, 0.717) is 26.4 Å². The van der Waals surface area contributed by atoms with E-state index in [1.54, 1.807) is 0 Å². The van der Waals surface area contributed by atoms with Gasteiger partial charge in [-0.05, 0) is 136 Å². The average Bonchev–Trinajstić information content (AvgIpc) is 4.56. The van der Waals surface area contributed by atoms with Crippen LogP contribution in [-0.4, -0.2) is 63.4 Å². The van der Waals surface area contributed by atoms with Gasteiger partial charge >= 0.3 is 0 Å². The summed E-state index contributed by atoms with van der Waals surface area (Å²) in [6, 6.07) is 33.4. The zero-order valence-electron chi connectivity index (χ0n) is 49.3. The van der Waals surface area contributed by atoms with Gasteiger partial charge in [0.15, 0.2) is 0 Å². The van der Waals surface area contributed by atoms with Crippen molar-refractivity contribution in [2.24, 2.45) is 20.0 Å². The lowest BCUT2D eigenvalue weighted by Gasteiger charge is -2.16. The van der Waals surface area contributed by atoms with E-state index in [4.69, 9.17) is 38.9 Å². The van der Waals surface area contributed by atoms with Crippen molar-refractivity contribution >= 4 is 45.1 Å². The smallest absolute Gasteiger partial charge is 0.127 e. The molecule has 9 nitrogen and oxygen atoms in total. The summed E-state index contributed by atoms with van der Waals surface area (Å²) in [5.41, 5.74) is 13.8. The number of nitrogens with zero attached hydrogens (tertiary/aromatic N) is 4. The molecular formula is C72H87N5O4. The van der Waals surface area contributed by atoms with Crippen LogP contribution in [0.5, 0.6) is 23.0 Å².